The number of esters is 1. The van der Waals surface area contributed by atoms with Gasteiger partial charge in [-0.15, -0.1) is 0 Å². The average molecular weight is 277 g/mol. The minimum Gasteiger partial charge on any atom is -0.462 e. The van der Waals surface area contributed by atoms with Crippen LogP contribution in [-0.4, -0.2) is 28.3 Å². The van der Waals surface area contributed by atoms with E-state index in [2.05, 4.69) is 15.0 Å². The molecule has 1 rings (SSSR count). The molecular weight excluding hydrogens is 267 g/mol. The molecule has 0 aliphatic heterocycles. The summed E-state index contributed by atoms with van der Waals surface area (Å²) in [7, 11) is 0. The summed E-state index contributed by atoms with van der Waals surface area (Å²) in [4.78, 5) is 22.6. The van der Waals surface area contributed by atoms with E-state index in [4.69, 9.17) is 33.7 Å². The Hall–Kier alpha value is -1.40. The van der Waals surface area contributed by atoms with Gasteiger partial charge in [0.25, 0.3) is 0 Å². The second-order valence-corrected chi connectivity index (χ2v) is 3.63. The largest absolute Gasteiger partial charge is 0.462 e. The van der Waals surface area contributed by atoms with Gasteiger partial charge in [0.1, 0.15) is 11.4 Å². The highest BCUT2D eigenvalue weighted by Crippen LogP contribution is 2.29. The van der Waals surface area contributed by atoms with Gasteiger partial charge in [-0.05, 0) is 25.4 Å². The van der Waals surface area contributed by atoms with Crippen molar-refractivity contribution in [2.45, 2.75) is 13.8 Å². The van der Waals surface area contributed by atoms with Crippen molar-refractivity contribution < 1.29 is 9.53 Å². The lowest BCUT2D eigenvalue weighted by Crippen LogP contribution is -2.14. The van der Waals surface area contributed by atoms with Crippen molar-refractivity contribution in [1.29, 1.82) is 0 Å². The molecule has 0 radical (unpaired) electrons. The van der Waals surface area contributed by atoms with Gasteiger partial charge < -0.3 is 10.5 Å². The molecule has 0 aromatic carbocycles. The van der Waals surface area contributed by atoms with E-state index in [-0.39, 0.29) is 34.3 Å². The molecule has 0 spiro atoms. The highest BCUT2D eigenvalue weighted by Gasteiger charge is 2.12. The van der Waals surface area contributed by atoms with Crippen LogP contribution in [0.4, 0.5) is 11.5 Å². The van der Waals surface area contributed by atoms with Crippen molar-refractivity contribution in [3.8, 4) is 0 Å². The van der Waals surface area contributed by atoms with E-state index >= 15 is 0 Å². The van der Waals surface area contributed by atoms with Gasteiger partial charge in [0.2, 0.25) is 5.28 Å². The first-order valence-electron chi connectivity index (χ1n) is 4.66. The van der Waals surface area contributed by atoms with Crippen LogP contribution in [0.2, 0.25) is 10.4 Å². The normalized spacial score (nSPS) is 11.4. The predicted octanol–water partition coefficient (Wildman–Crippen LogP) is 2.02. The fraction of sp³-hybridized carbons (Fsp3) is 0.333. The van der Waals surface area contributed by atoms with Crippen LogP contribution in [0, 0.1) is 0 Å². The van der Waals surface area contributed by atoms with Gasteiger partial charge in [0, 0.05) is 0 Å². The summed E-state index contributed by atoms with van der Waals surface area (Å²) >= 11 is 11.3. The summed E-state index contributed by atoms with van der Waals surface area (Å²) in [6.45, 7) is 3.42. The summed E-state index contributed by atoms with van der Waals surface area (Å²) < 4.78 is 4.76. The van der Waals surface area contributed by atoms with Crippen LogP contribution in [0.1, 0.15) is 13.8 Å². The van der Waals surface area contributed by atoms with Crippen LogP contribution < -0.4 is 5.73 Å². The molecular formula is C9H10Cl2N4O2. The first kappa shape index (κ1) is 13.7. The number of nitrogen functional groups attached to an aromatic ring is 1. The number of anilines is 1. The minimum atomic E-state index is -0.557. The molecule has 1 aromatic rings. The summed E-state index contributed by atoms with van der Waals surface area (Å²) in [5.41, 5.74) is 5.77. The number of nitrogens with zero attached hydrogens (tertiary/aromatic N) is 3. The van der Waals surface area contributed by atoms with Gasteiger partial charge in [-0.3, -0.25) is 0 Å². The number of ether oxygens (including phenoxy) is 1. The summed E-state index contributed by atoms with van der Waals surface area (Å²) in [5.74, 6) is -0.559. The molecule has 0 unspecified atom stereocenters. The van der Waals surface area contributed by atoms with Crippen molar-refractivity contribution in [2.75, 3.05) is 12.3 Å². The lowest BCUT2D eigenvalue weighted by Gasteiger charge is -2.04. The molecule has 92 valence electrons. The van der Waals surface area contributed by atoms with E-state index in [1.807, 2.05) is 0 Å². The molecule has 0 fully saturated rings. The summed E-state index contributed by atoms with van der Waals surface area (Å²) in [6, 6.07) is 0. The third-order valence-electron chi connectivity index (χ3n) is 1.69. The van der Waals surface area contributed by atoms with E-state index < -0.39 is 5.97 Å². The second kappa shape index (κ2) is 5.79. The zero-order valence-electron chi connectivity index (χ0n) is 9.20. The fourth-order valence-corrected chi connectivity index (χ4v) is 1.41. The number of aromatic nitrogens is 2. The molecule has 17 heavy (non-hydrogen) atoms. The number of hydrogen-bond donors (Lipinski definition) is 1. The molecule has 0 amide bonds. The molecule has 0 saturated carbocycles. The quantitative estimate of drug-likeness (QED) is 0.395. The van der Waals surface area contributed by atoms with Crippen molar-refractivity contribution in [3.05, 3.63) is 10.4 Å². The lowest BCUT2D eigenvalue weighted by molar-refractivity contribution is -0.135. The molecule has 0 saturated heterocycles. The SMILES string of the molecule is CCOC(=O)C(C)=Nc1c(N)nc(Cl)nc1Cl. The second-order valence-electron chi connectivity index (χ2n) is 2.93. The Bertz CT molecular complexity index is 453. The van der Waals surface area contributed by atoms with Gasteiger partial charge in [-0.2, -0.15) is 4.98 Å². The maximum Gasteiger partial charge on any atom is 0.352 e. The Morgan fingerprint density at radius 1 is 1.47 bits per heavy atom. The van der Waals surface area contributed by atoms with Gasteiger partial charge in [-0.25, -0.2) is 14.8 Å². The van der Waals surface area contributed by atoms with Crippen LogP contribution in [-0.2, 0) is 9.53 Å². The predicted molar refractivity (Wildman–Crippen MR) is 65.9 cm³/mol. The molecule has 0 aliphatic carbocycles. The topological polar surface area (TPSA) is 90.5 Å². The molecule has 1 heterocycles. The number of nitrogens with two attached hydrogens (primary N) is 1. The standard InChI is InChI=1S/C9H10Cl2N4O2/c1-3-17-8(16)4(2)13-5-6(10)14-9(11)15-7(5)12/h3H2,1-2H3,(H2,12,14,15). The van der Waals surface area contributed by atoms with Gasteiger partial charge in [-0.1, -0.05) is 11.6 Å². The maximum absolute atomic E-state index is 11.3. The van der Waals surface area contributed by atoms with Crippen LogP contribution in [0.25, 0.3) is 0 Å². The van der Waals surface area contributed by atoms with Gasteiger partial charge in [0.15, 0.2) is 11.0 Å². The fourth-order valence-electron chi connectivity index (χ4n) is 0.969. The van der Waals surface area contributed by atoms with E-state index in [0.29, 0.717) is 0 Å². The average Bonchev–Trinajstić information content (AvgIpc) is 2.23. The number of rotatable bonds is 3. The van der Waals surface area contributed by atoms with Crippen molar-refractivity contribution in [3.63, 3.8) is 0 Å². The third kappa shape index (κ3) is 3.54. The zero-order valence-corrected chi connectivity index (χ0v) is 10.7. The molecule has 1 aromatic heterocycles. The molecule has 2 N–H and O–H groups in total. The third-order valence-corrected chi connectivity index (χ3v) is 2.12. The van der Waals surface area contributed by atoms with Crippen molar-refractivity contribution in [1.82, 2.24) is 9.97 Å². The monoisotopic (exact) mass is 276 g/mol. The van der Waals surface area contributed by atoms with Gasteiger partial charge in [0.05, 0.1) is 6.61 Å². The Morgan fingerprint density at radius 3 is 2.65 bits per heavy atom. The van der Waals surface area contributed by atoms with Crippen LogP contribution in [0.5, 0.6) is 0 Å². The molecule has 0 aliphatic rings. The first-order chi connectivity index (χ1) is 7.95. The summed E-state index contributed by atoms with van der Waals surface area (Å²) in [6.07, 6.45) is 0. The first-order valence-corrected chi connectivity index (χ1v) is 5.42. The van der Waals surface area contributed by atoms with E-state index in [1.165, 1.54) is 6.92 Å². The van der Waals surface area contributed by atoms with Crippen LogP contribution >= 0.6 is 23.2 Å². The van der Waals surface area contributed by atoms with Gasteiger partial charge >= 0.3 is 5.97 Å². The van der Waals surface area contributed by atoms with E-state index in [9.17, 15) is 4.79 Å². The molecule has 0 atom stereocenters. The number of carbonyl (C=O) groups excluding carboxylic acids is 1. The number of carbonyl (C=O) groups is 1. The zero-order chi connectivity index (χ0) is 13.0. The molecule has 0 bridgehead atoms. The Morgan fingerprint density at radius 2 is 2.12 bits per heavy atom. The van der Waals surface area contributed by atoms with Crippen molar-refractivity contribution >= 4 is 46.4 Å². The van der Waals surface area contributed by atoms with E-state index in [1.54, 1.807) is 6.92 Å². The summed E-state index contributed by atoms with van der Waals surface area (Å²) in [5, 5.41) is -0.105. The van der Waals surface area contributed by atoms with E-state index in [0.717, 1.165) is 0 Å². The van der Waals surface area contributed by atoms with Crippen LogP contribution in [0.3, 0.4) is 0 Å². The highest BCUT2D eigenvalue weighted by molar-refractivity contribution is 6.37. The molecule has 6 nitrogen and oxygen atoms in total. The number of aliphatic imine (C=N–C) groups is 1. The minimum absolute atomic E-state index is 0.00125. The highest BCUT2D eigenvalue weighted by atomic mass is 35.5. The molecule has 8 heteroatoms. The Balaban J connectivity index is 3.10. The lowest BCUT2D eigenvalue weighted by atomic mass is 10.4. The Kier molecular flexibility index (Phi) is 4.65. The number of halogens is 2. The maximum atomic E-state index is 11.3. The number of hydrogen-bond acceptors (Lipinski definition) is 6. The Labute approximate surface area is 108 Å². The van der Waals surface area contributed by atoms with Crippen LogP contribution in [0.15, 0.2) is 4.99 Å². The smallest absolute Gasteiger partial charge is 0.352 e. The van der Waals surface area contributed by atoms with Crippen molar-refractivity contribution in [2.24, 2.45) is 4.99 Å².